The van der Waals surface area contributed by atoms with Crippen LogP contribution in [0.5, 0.6) is 11.5 Å². The van der Waals surface area contributed by atoms with Gasteiger partial charge in [-0.3, -0.25) is 9.59 Å². The highest BCUT2D eigenvalue weighted by Gasteiger charge is 2.40. The van der Waals surface area contributed by atoms with Crippen molar-refractivity contribution in [2.75, 3.05) is 27.4 Å². The lowest BCUT2D eigenvalue weighted by molar-refractivity contribution is -0.152. The van der Waals surface area contributed by atoms with E-state index >= 15 is 0 Å². The van der Waals surface area contributed by atoms with Gasteiger partial charge in [-0.15, -0.1) is 13.2 Å². The topological polar surface area (TPSA) is 77.1 Å². The normalized spacial score (nSPS) is 19.4. The zero-order valence-electron chi connectivity index (χ0n) is 15.8. The Morgan fingerprint density at radius 1 is 1.19 bits per heavy atom. The van der Waals surface area contributed by atoms with Gasteiger partial charge in [0.25, 0.3) is 0 Å². The van der Waals surface area contributed by atoms with Crippen LogP contribution in [0.4, 0.5) is 0 Å². The van der Waals surface area contributed by atoms with Crippen molar-refractivity contribution in [3.63, 3.8) is 0 Å². The number of amides is 2. The summed E-state index contributed by atoms with van der Waals surface area (Å²) >= 11 is 0. The Labute approximate surface area is 159 Å². The lowest BCUT2D eigenvalue weighted by Crippen LogP contribution is -2.64. The minimum absolute atomic E-state index is 0.0862. The molecule has 0 spiro atoms. The van der Waals surface area contributed by atoms with Crippen LogP contribution in [0, 0.1) is 0 Å². The maximum absolute atomic E-state index is 13.0. The van der Waals surface area contributed by atoms with E-state index in [9.17, 15) is 9.59 Å². The third-order valence-corrected chi connectivity index (χ3v) is 4.33. The average Bonchev–Trinajstić information content (AvgIpc) is 2.68. The van der Waals surface area contributed by atoms with Crippen LogP contribution in [0.1, 0.15) is 12.0 Å². The Morgan fingerprint density at radius 2 is 1.96 bits per heavy atom. The van der Waals surface area contributed by atoms with Gasteiger partial charge in [0.1, 0.15) is 23.6 Å². The van der Waals surface area contributed by atoms with Crippen molar-refractivity contribution >= 4 is 11.8 Å². The monoisotopic (exact) mass is 374 g/mol. The molecule has 2 atom stereocenters. The molecule has 1 aliphatic rings. The predicted octanol–water partition coefficient (Wildman–Crippen LogP) is 1.68. The van der Waals surface area contributed by atoms with Crippen molar-refractivity contribution in [3.05, 3.63) is 49.1 Å². The van der Waals surface area contributed by atoms with Gasteiger partial charge in [0.05, 0.1) is 34.0 Å². The van der Waals surface area contributed by atoms with E-state index in [0.29, 0.717) is 24.5 Å². The molecule has 1 aromatic carbocycles. The number of hydrogen-bond acceptors (Lipinski definition) is 5. The molecular weight excluding hydrogens is 348 g/mol. The van der Waals surface area contributed by atoms with Gasteiger partial charge in [0.15, 0.2) is 0 Å². The first kappa shape index (κ1) is 20.5. The molecule has 27 heavy (non-hydrogen) atoms. The number of benzene rings is 1. The molecule has 0 radical (unpaired) electrons. The zero-order chi connectivity index (χ0) is 19.8. The first-order valence-electron chi connectivity index (χ1n) is 8.67. The predicted molar refractivity (Wildman–Crippen MR) is 102 cm³/mol. The molecule has 7 nitrogen and oxygen atoms in total. The Bertz CT molecular complexity index is 704. The Morgan fingerprint density at radius 3 is 2.59 bits per heavy atom. The van der Waals surface area contributed by atoms with E-state index in [4.69, 9.17) is 14.2 Å². The van der Waals surface area contributed by atoms with E-state index in [0.717, 1.165) is 5.56 Å². The number of carbonyl (C=O) groups is 2. The zero-order valence-corrected chi connectivity index (χ0v) is 15.8. The molecule has 0 unspecified atom stereocenters. The number of hydrogen-bond donors (Lipinski definition) is 1. The summed E-state index contributed by atoms with van der Waals surface area (Å²) in [5.74, 6) is 0.797. The molecule has 2 amide bonds. The van der Waals surface area contributed by atoms with Crippen LogP contribution >= 0.6 is 0 Å². The minimum atomic E-state index is -0.731. The van der Waals surface area contributed by atoms with Gasteiger partial charge in [-0.25, -0.2) is 0 Å². The van der Waals surface area contributed by atoms with E-state index in [2.05, 4.69) is 18.5 Å². The molecule has 1 aromatic rings. The third-order valence-electron chi connectivity index (χ3n) is 4.33. The average molecular weight is 374 g/mol. The van der Waals surface area contributed by atoms with Crippen LogP contribution in [0.25, 0.3) is 0 Å². The van der Waals surface area contributed by atoms with E-state index in [1.165, 1.54) is 4.90 Å². The maximum atomic E-state index is 13.0. The fourth-order valence-electron chi connectivity index (χ4n) is 2.93. The Hall–Kier alpha value is -2.80. The molecule has 0 saturated carbocycles. The van der Waals surface area contributed by atoms with Crippen molar-refractivity contribution in [2.45, 2.75) is 25.0 Å². The molecule has 146 valence electrons. The molecule has 2 rings (SSSR count). The highest BCUT2D eigenvalue weighted by Crippen LogP contribution is 2.27. The van der Waals surface area contributed by atoms with Gasteiger partial charge < -0.3 is 24.4 Å². The van der Waals surface area contributed by atoms with Crippen molar-refractivity contribution in [1.82, 2.24) is 10.2 Å². The molecule has 0 aliphatic carbocycles. The molecule has 1 N–H and O–H groups in total. The molecule has 1 fully saturated rings. The number of piperazine rings is 1. The standard InChI is InChI=1S/C20H26N2O5/c1-5-7-16-20(24)22(17(19(23)21-16)13-27-10-6-2)12-14-8-9-15(25-3)11-18(14)26-4/h5-6,8-9,11,16-17H,1-2,7,10,12-13H2,3-4H3,(H,21,23)/t16-,17-/m0/s1. The minimum Gasteiger partial charge on any atom is -0.497 e. The second-order valence-corrected chi connectivity index (χ2v) is 6.07. The lowest BCUT2D eigenvalue weighted by atomic mass is 10.0. The fourth-order valence-corrected chi connectivity index (χ4v) is 2.93. The molecule has 1 heterocycles. The molecule has 0 aromatic heterocycles. The number of nitrogens with one attached hydrogen (secondary N) is 1. The molecule has 1 saturated heterocycles. The smallest absolute Gasteiger partial charge is 0.246 e. The second-order valence-electron chi connectivity index (χ2n) is 6.07. The van der Waals surface area contributed by atoms with Gasteiger partial charge >= 0.3 is 0 Å². The highest BCUT2D eigenvalue weighted by atomic mass is 16.5. The van der Waals surface area contributed by atoms with Crippen molar-refractivity contribution in [2.24, 2.45) is 0 Å². The quantitative estimate of drug-likeness (QED) is 0.498. The molecular formula is C20H26N2O5. The van der Waals surface area contributed by atoms with Gasteiger partial charge in [0.2, 0.25) is 11.8 Å². The van der Waals surface area contributed by atoms with E-state index in [1.807, 2.05) is 6.07 Å². The van der Waals surface area contributed by atoms with Gasteiger partial charge in [-0.2, -0.15) is 0 Å². The SMILES string of the molecule is C=CCOC[C@H]1C(=O)N[C@@H](CC=C)C(=O)N1Cc1ccc(OC)cc1OC. The van der Waals surface area contributed by atoms with Gasteiger partial charge in [0, 0.05) is 11.6 Å². The van der Waals surface area contributed by atoms with E-state index < -0.39 is 12.1 Å². The molecule has 1 aliphatic heterocycles. The fraction of sp³-hybridized carbons (Fsp3) is 0.400. The summed E-state index contributed by atoms with van der Waals surface area (Å²) in [7, 11) is 3.12. The first-order chi connectivity index (χ1) is 13.0. The lowest BCUT2D eigenvalue weighted by Gasteiger charge is -2.38. The van der Waals surface area contributed by atoms with Crippen LogP contribution in [0.15, 0.2) is 43.5 Å². The number of methoxy groups -OCH3 is 2. The second kappa shape index (κ2) is 9.78. The number of nitrogens with zero attached hydrogens (tertiary/aromatic N) is 1. The summed E-state index contributed by atoms with van der Waals surface area (Å²) in [6.07, 6.45) is 3.57. The molecule has 0 bridgehead atoms. The number of carbonyl (C=O) groups excluding carboxylic acids is 2. The van der Waals surface area contributed by atoms with Crippen LogP contribution in [-0.4, -0.2) is 56.2 Å². The number of ether oxygens (including phenoxy) is 3. The van der Waals surface area contributed by atoms with E-state index in [1.54, 1.807) is 38.5 Å². The summed E-state index contributed by atoms with van der Waals surface area (Å²) in [6, 6.07) is 3.99. The Kier molecular flexibility index (Phi) is 7.43. The Balaban J connectivity index is 2.30. The summed E-state index contributed by atoms with van der Waals surface area (Å²) in [4.78, 5) is 27.1. The van der Waals surface area contributed by atoms with E-state index in [-0.39, 0.29) is 25.0 Å². The molecule has 7 heteroatoms. The number of rotatable bonds is 10. The van der Waals surface area contributed by atoms with Crippen molar-refractivity contribution in [3.8, 4) is 11.5 Å². The van der Waals surface area contributed by atoms with Crippen LogP contribution in [0.2, 0.25) is 0 Å². The summed E-state index contributed by atoms with van der Waals surface area (Å²) < 4.78 is 16.1. The summed E-state index contributed by atoms with van der Waals surface area (Å²) in [6.45, 7) is 7.85. The largest absolute Gasteiger partial charge is 0.497 e. The first-order valence-corrected chi connectivity index (χ1v) is 8.67. The maximum Gasteiger partial charge on any atom is 0.246 e. The third kappa shape index (κ3) is 4.89. The van der Waals surface area contributed by atoms with Crippen LogP contribution in [-0.2, 0) is 20.9 Å². The summed E-state index contributed by atoms with van der Waals surface area (Å²) in [5, 5.41) is 2.75. The van der Waals surface area contributed by atoms with Crippen LogP contribution in [0.3, 0.4) is 0 Å². The van der Waals surface area contributed by atoms with Crippen molar-refractivity contribution < 1.29 is 23.8 Å². The summed E-state index contributed by atoms with van der Waals surface area (Å²) in [5.41, 5.74) is 0.771. The van der Waals surface area contributed by atoms with Gasteiger partial charge in [-0.05, 0) is 18.6 Å². The van der Waals surface area contributed by atoms with Gasteiger partial charge in [-0.1, -0.05) is 12.2 Å². The van der Waals surface area contributed by atoms with Crippen LogP contribution < -0.4 is 14.8 Å². The van der Waals surface area contributed by atoms with Crippen molar-refractivity contribution in [1.29, 1.82) is 0 Å². The highest BCUT2D eigenvalue weighted by molar-refractivity contribution is 5.97.